The summed E-state index contributed by atoms with van der Waals surface area (Å²) < 4.78 is 4.94. The molecule has 0 amide bonds. The number of aliphatic carboxylic acids is 1. The average Bonchev–Trinajstić information content (AvgIpc) is 2.30. The Labute approximate surface area is 100 Å². The summed E-state index contributed by atoms with van der Waals surface area (Å²) in [5.41, 5.74) is 0.446. The Balaban J connectivity index is 2.73. The van der Waals surface area contributed by atoms with Crippen LogP contribution < -0.4 is 0 Å². The number of carboxylic acids is 1. The van der Waals surface area contributed by atoms with Crippen LogP contribution in [-0.4, -0.2) is 23.7 Å². The van der Waals surface area contributed by atoms with Crippen LogP contribution in [0.2, 0.25) is 0 Å². The molecule has 0 bridgehead atoms. The van der Waals surface area contributed by atoms with Gasteiger partial charge in [-0.15, -0.1) is 0 Å². The molecule has 1 N–H and O–H groups in total. The molecule has 0 heterocycles. The maximum absolute atomic E-state index is 11.7. The molecular weight excluding hydrogens is 220 g/mol. The number of carboxylic acid groups (broad SMARTS) is 1. The Morgan fingerprint density at radius 3 is 2.47 bits per heavy atom. The Hall–Kier alpha value is -1.84. The molecule has 0 aliphatic carbocycles. The number of rotatable bonds is 6. The van der Waals surface area contributed by atoms with E-state index in [4.69, 9.17) is 9.84 Å². The number of carbonyl (C=O) groups excluding carboxylic acids is 1. The normalized spacial score (nSPS) is 11.8. The lowest BCUT2D eigenvalue weighted by atomic mass is 10.00. The summed E-state index contributed by atoms with van der Waals surface area (Å²) in [7, 11) is 0. The maximum atomic E-state index is 11.7. The molecule has 0 radical (unpaired) electrons. The summed E-state index contributed by atoms with van der Waals surface area (Å²) in [6, 6.07) is 8.39. The summed E-state index contributed by atoms with van der Waals surface area (Å²) in [4.78, 5) is 22.7. The zero-order valence-electron chi connectivity index (χ0n) is 9.76. The van der Waals surface area contributed by atoms with E-state index >= 15 is 0 Å². The molecule has 1 atom stereocenters. The standard InChI is InChI=1S/C13H16O4/c1-2-3-9-17-13(16)11(12(14)15)10-7-5-4-6-8-10/h4-8,11H,2-3,9H2,1H3,(H,14,15)/t11-/m0/s1. The number of hydrogen-bond donors (Lipinski definition) is 1. The lowest BCUT2D eigenvalue weighted by Crippen LogP contribution is -2.24. The molecule has 0 saturated heterocycles. The zero-order valence-corrected chi connectivity index (χ0v) is 9.76. The molecule has 0 aliphatic rings. The van der Waals surface area contributed by atoms with Crippen molar-refractivity contribution < 1.29 is 19.4 Å². The van der Waals surface area contributed by atoms with E-state index in [-0.39, 0.29) is 6.61 Å². The smallest absolute Gasteiger partial charge is 0.324 e. The van der Waals surface area contributed by atoms with Gasteiger partial charge >= 0.3 is 11.9 Å². The minimum absolute atomic E-state index is 0.270. The van der Waals surface area contributed by atoms with Crippen LogP contribution in [0.4, 0.5) is 0 Å². The highest BCUT2D eigenvalue weighted by atomic mass is 16.5. The van der Waals surface area contributed by atoms with Crippen LogP contribution >= 0.6 is 0 Å². The van der Waals surface area contributed by atoms with Crippen molar-refractivity contribution >= 4 is 11.9 Å². The van der Waals surface area contributed by atoms with Gasteiger partial charge in [0.1, 0.15) is 0 Å². The molecule has 1 aromatic carbocycles. The first-order valence-electron chi connectivity index (χ1n) is 5.61. The summed E-state index contributed by atoms with van der Waals surface area (Å²) in [6.07, 6.45) is 1.64. The third-order valence-corrected chi connectivity index (χ3v) is 2.36. The Kier molecular flexibility index (Phi) is 5.20. The predicted molar refractivity (Wildman–Crippen MR) is 62.7 cm³/mol. The van der Waals surface area contributed by atoms with Gasteiger partial charge in [-0.05, 0) is 12.0 Å². The number of unbranched alkanes of at least 4 members (excludes halogenated alkanes) is 1. The first-order chi connectivity index (χ1) is 8.16. The second kappa shape index (κ2) is 6.68. The van der Waals surface area contributed by atoms with Crippen molar-refractivity contribution in [3.63, 3.8) is 0 Å². The molecule has 1 aromatic rings. The second-order valence-corrected chi connectivity index (χ2v) is 3.70. The first kappa shape index (κ1) is 13.2. The van der Waals surface area contributed by atoms with E-state index in [0.717, 1.165) is 12.8 Å². The maximum Gasteiger partial charge on any atom is 0.324 e. The van der Waals surface area contributed by atoms with E-state index in [1.54, 1.807) is 30.3 Å². The Morgan fingerprint density at radius 1 is 1.29 bits per heavy atom. The van der Waals surface area contributed by atoms with Crippen LogP contribution in [0.25, 0.3) is 0 Å². The van der Waals surface area contributed by atoms with Gasteiger partial charge in [-0.25, -0.2) is 0 Å². The Morgan fingerprint density at radius 2 is 1.94 bits per heavy atom. The molecule has 17 heavy (non-hydrogen) atoms. The first-order valence-corrected chi connectivity index (χ1v) is 5.61. The number of hydrogen-bond acceptors (Lipinski definition) is 3. The van der Waals surface area contributed by atoms with Crippen molar-refractivity contribution in [2.45, 2.75) is 25.7 Å². The highest BCUT2D eigenvalue weighted by Crippen LogP contribution is 2.17. The summed E-state index contributed by atoms with van der Waals surface area (Å²) in [5.74, 6) is -3.11. The van der Waals surface area contributed by atoms with Gasteiger partial charge in [-0.2, -0.15) is 0 Å². The highest BCUT2D eigenvalue weighted by Gasteiger charge is 2.29. The van der Waals surface area contributed by atoms with E-state index in [9.17, 15) is 9.59 Å². The second-order valence-electron chi connectivity index (χ2n) is 3.70. The monoisotopic (exact) mass is 236 g/mol. The van der Waals surface area contributed by atoms with Crippen LogP contribution in [-0.2, 0) is 14.3 Å². The van der Waals surface area contributed by atoms with E-state index in [0.29, 0.717) is 5.56 Å². The fourth-order valence-corrected chi connectivity index (χ4v) is 1.43. The minimum atomic E-state index is -1.23. The van der Waals surface area contributed by atoms with Crippen LogP contribution in [0.3, 0.4) is 0 Å². The molecule has 4 nitrogen and oxygen atoms in total. The van der Waals surface area contributed by atoms with Crippen molar-refractivity contribution in [3.8, 4) is 0 Å². The zero-order chi connectivity index (χ0) is 12.7. The lowest BCUT2D eigenvalue weighted by molar-refractivity contribution is -0.154. The van der Waals surface area contributed by atoms with Crippen molar-refractivity contribution in [2.75, 3.05) is 6.61 Å². The molecule has 92 valence electrons. The van der Waals surface area contributed by atoms with Crippen molar-refractivity contribution in [2.24, 2.45) is 0 Å². The van der Waals surface area contributed by atoms with E-state index in [2.05, 4.69) is 0 Å². The molecule has 0 unspecified atom stereocenters. The summed E-state index contributed by atoms with van der Waals surface area (Å²) >= 11 is 0. The van der Waals surface area contributed by atoms with E-state index < -0.39 is 17.9 Å². The Bertz CT molecular complexity index is 372. The highest BCUT2D eigenvalue weighted by molar-refractivity contribution is 5.99. The van der Waals surface area contributed by atoms with Crippen molar-refractivity contribution in [1.82, 2.24) is 0 Å². The van der Waals surface area contributed by atoms with Gasteiger partial charge in [-0.1, -0.05) is 43.7 Å². The number of carbonyl (C=O) groups is 2. The number of ether oxygens (including phenoxy) is 1. The third kappa shape index (κ3) is 3.90. The van der Waals surface area contributed by atoms with E-state index in [1.165, 1.54) is 0 Å². The topological polar surface area (TPSA) is 63.6 Å². The molecule has 0 aromatic heterocycles. The molecule has 0 saturated carbocycles. The third-order valence-electron chi connectivity index (χ3n) is 2.36. The van der Waals surface area contributed by atoms with Gasteiger partial charge in [-0.3, -0.25) is 9.59 Å². The SMILES string of the molecule is CCCCOC(=O)[C@H](C(=O)O)c1ccccc1. The number of benzene rings is 1. The van der Waals surface area contributed by atoms with Crippen LogP contribution in [0.1, 0.15) is 31.2 Å². The van der Waals surface area contributed by atoms with Gasteiger partial charge in [0.15, 0.2) is 5.92 Å². The van der Waals surface area contributed by atoms with Crippen molar-refractivity contribution in [3.05, 3.63) is 35.9 Å². The summed E-state index contributed by atoms with van der Waals surface area (Å²) in [5, 5.41) is 9.05. The van der Waals surface area contributed by atoms with Gasteiger partial charge in [0.2, 0.25) is 0 Å². The molecule has 4 heteroatoms. The quantitative estimate of drug-likeness (QED) is 0.467. The average molecular weight is 236 g/mol. The fraction of sp³-hybridized carbons (Fsp3) is 0.385. The molecule has 1 rings (SSSR count). The van der Waals surface area contributed by atoms with Gasteiger partial charge in [0, 0.05) is 0 Å². The lowest BCUT2D eigenvalue weighted by Gasteiger charge is -2.12. The van der Waals surface area contributed by atoms with Gasteiger partial charge in [0.25, 0.3) is 0 Å². The van der Waals surface area contributed by atoms with Crippen LogP contribution in [0, 0.1) is 0 Å². The van der Waals surface area contributed by atoms with Crippen LogP contribution in [0.15, 0.2) is 30.3 Å². The van der Waals surface area contributed by atoms with Gasteiger partial charge in [0.05, 0.1) is 6.61 Å². The summed E-state index contributed by atoms with van der Waals surface area (Å²) in [6.45, 7) is 2.24. The molecular formula is C13H16O4. The predicted octanol–water partition coefficient (Wildman–Crippen LogP) is 2.20. The van der Waals surface area contributed by atoms with Crippen molar-refractivity contribution in [1.29, 1.82) is 0 Å². The van der Waals surface area contributed by atoms with Crippen LogP contribution in [0.5, 0.6) is 0 Å². The number of esters is 1. The molecule has 0 spiro atoms. The van der Waals surface area contributed by atoms with Gasteiger partial charge < -0.3 is 9.84 Å². The van der Waals surface area contributed by atoms with E-state index in [1.807, 2.05) is 6.92 Å². The largest absolute Gasteiger partial charge is 0.480 e. The molecule has 0 aliphatic heterocycles. The fourth-order valence-electron chi connectivity index (χ4n) is 1.43. The molecule has 0 fully saturated rings. The minimum Gasteiger partial charge on any atom is -0.480 e.